The second kappa shape index (κ2) is 10.7. The van der Waals surface area contributed by atoms with Crippen LogP contribution in [0.2, 0.25) is 0 Å². The lowest BCUT2D eigenvalue weighted by Crippen LogP contribution is -2.14. The molecule has 0 aromatic heterocycles. The molecular formula is C13H24O3. The Morgan fingerprint density at radius 1 is 1.25 bits per heavy atom. The molecule has 0 amide bonds. The van der Waals surface area contributed by atoms with Crippen LogP contribution in [0.15, 0.2) is 12.2 Å². The van der Waals surface area contributed by atoms with Gasteiger partial charge in [-0.25, -0.2) is 0 Å². The molecule has 0 rings (SSSR count). The molecule has 0 bridgehead atoms. The molecule has 3 heteroatoms. The molecule has 1 unspecified atom stereocenters. The van der Waals surface area contributed by atoms with Gasteiger partial charge in [-0.15, -0.1) is 0 Å². The lowest BCUT2D eigenvalue weighted by Gasteiger charge is -2.09. The number of ether oxygens (including phenoxy) is 1. The quantitative estimate of drug-likeness (QED) is 0.285. The summed E-state index contributed by atoms with van der Waals surface area (Å²) in [5.41, 5.74) is 0. The number of unbranched alkanes of at least 4 members (excludes halogenated alkanes) is 5. The maximum absolute atomic E-state index is 10.5. The fraction of sp³-hybridized carbons (Fsp3) is 0.769. The maximum Gasteiger partial charge on any atom is 0.304 e. The minimum absolute atomic E-state index is 0.418. The summed E-state index contributed by atoms with van der Waals surface area (Å²) >= 11 is 0. The summed E-state index contributed by atoms with van der Waals surface area (Å²) in [7, 11) is 0. The highest BCUT2D eigenvalue weighted by Crippen LogP contribution is 2.09. The van der Waals surface area contributed by atoms with Crippen molar-refractivity contribution in [2.75, 3.05) is 0 Å². The van der Waals surface area contributed by atoms with Crippen molar-refractivity contribution in [3.63, 3.8) is 0 Å². The van der Waals surface area contributed by atoms with Crippen LogP contribution in [-0.4, -0.2) is 17.4 Å². The Morgan fingerprint density at radius 3 is 2.50 bits per heavy atom. The van der Waals surface area contributed by atoms with Crippen LogP contribution in [0.25, 0.3) is 0 Å². The van der Waals surface area contributed by atoms with Gasteiger partial charge in [0.2, 0.25) is 6.29 Å². The molecule has 3 nitrogen and oxygen atoms in total. The van der Waals surface area contributed by atoms with E-state index < -0.39 is 12.3 Å². The first-order chi connectivity index (χ1) is 7.66. The maximum atomic E-state index is 10.5. The molecule has 1 atom stereocenters. The third-order valence-corrected chi connectivity index (χ3v) is 2.36. The average Bonchev–Trinajstić information content (AvgIpc) is 2.21. The van der Waals surface area contributed by atoms with E-state index in [1.807, 2.05) is 6.92 Å². The van der Waals surface area contributed by atoms with E-state index in [4.69, 9.17) is 0 Å². The molecule has 0 spiro atoms. The first-order valence-electron chi connectivity index (χ1n) is 6.13. The van der Waals surface area contributed by atoms with Crippen LogP contribution in [0.3, 0.4) is 0 Å². The summed E-state index contributed by atoms with van der Waals surface area (Å²) in [6, 6.07) is 0. The smallest absolute Gasteiger partial charge is 0.304 e. The van der Waals surface area contributed by atoms with Gasteiger partial charge in [0.05, 0.1) is 0 Å². The highest BCUT2D eigenvalue weighted by molar-refractivity contribution is 5.65. The van der Waals surface area contributed by atoms with E-state index in [-0.39, 0.29) is 0 Å². The van der Waals surface area contributed by atoms with E-state index in [0.29, 0.717) is 6.42 Å². The Kier molecular flexibility index (Phi) is 10.1. The van der Waals surface area contributed by atoms with Crippen LogP contribution < -0.4 is 0 Å². The fourth-order valence-electron chi connectivity index (χ4n) is 1.53. The van der Waals surface area contributed by atoms with Gasteiger partial charge in [0.15, 0.2) is 0 Å². The molecule has 0 saturated carbocycles. The Bertz CT molecular complexity index is 199. The van der Waals surface area contributed by atoms with Crippen LogP contribution in [0.1, 0.15) is 58.8 Å². The number of esters is 1. The van der Waals surface area contributed by atoms with Crippen molar-refractivity contribution in [1.29, 1.82) is 0 Å². The van der Waals surface area contributed by atoms with Crippen LogP contribution >= 0.6 is 0 Å². The van der Waals surface area contributed by atoms with Crippen molar-refractivity contribution in [2.45, 2.75) is 65.1 Å². The lowest BCUT2D eigenvalue weighted by atomic mass is 10.1. The third-order valence-electron chi connectivity index (χ3n) is 2.36. The molecule has 0 aliphatic heterocycles. The van der Waals surface area contributed by atoms with Crippen molar-refractivity contribution in [3.05, 3.63) is 12.2 Å². The van der Waals surface area contributed by atoms with Crippen molar-refractivity contribution in [2.24, 2.45) is 0 Å². The molecule has 0 heterocycles. The molecule has 0 aliphatic rings. The van der Waals surface area contributed by atoms with Crippen LogP contribution in [0.4, 0.5) is 0 Å². The summed E-state index contributed by atoms with van der Waals surface area (Å²) < 4.78 is 4.62. The van der Waals surface area contributed by atoms with Gasteiger partial charge in [-0.05, 0) is 26.2 Å². The molecular weight excluding hydrogens is 204 g/mol. The third kappa shape index (κ3) is 11.2. The first kappa shape index (κ1) is 15.2. The Balaban J connectivity index is 3.17. The van der Waals surface area contributed by atoms with E-state index >= 15 is 0 Å². The molecule has 0 saturated heterocycles. The summed E-state index contributed by atoms with van der Waals surface area (Å²) in [6.07, 6.45) is 10.7. The highest BCUT2D eigenvalue weighted by atomic mass is 16.6. The van der Waals surface area contributed by atoms with Gasteiger partial charge in [0.1, 0.15) is 0 Å². The molecule has 16 heavy (non-hydrogen) atoms. The average molecular weight is 228 g/mol. The van der Waals surface area contributed by atoms with E-state index in [1.165, 1.54) is 26.2 Å². The highest BCUT2D eigenvalue weighted by Gasteiger charge is 2.05. The van der Waals surface area contributed by atoms with E-state index in [0.717, 1.165) is 19.3 Å². The molecule has 94 valence electrons. The minimum Gasteiger partial charge on any atom is -0.436 e. The molecule has 0 fully saturated rings. The van der Waals surface area contributed by atoms with Gasteiger partial charge in [0.25, 0.3) is 0 Å². The van der Waals surface area contributed by atoms with Crippen molar-refractivity contribution in [1.82, 2.24) is 0 Å². The van der Waals surface area contributed by atoms with E-state index in [2.05, 4.69) is 16.9 Å². The van der Waals surface area contributed by atoms with Gasteiger partial charge >= 0.3 is 5.97 Å². The minimum atomic E-state index is -0.916. The summed E-state index contributed by atoms with van der Waals surface area (Å²) in [5.74, 6) is -0.418. The van der Waals surface area contributed by atoms with Gasteiger partial charge in [0, 0.05) is 13.3 Å². The number of aliphatic hydroxyl groups is 1. The van der Waals surface area contributed by atoms with Gasteiger partial charge < -0.3 is 9.84 Å². The first-order valence-corrected chi connectivity index (χ1v) is 6.13. The van der Waals surface area contributed by atoms with E-state index in [9.17, 15) is 9.90 Å². The van der Waals surface area contributed by atoms with Crippen molar-refractivity contribution in [3.8, 4) is 0 Å². The predicted molar refractivity (Wildman–Crippen MR) is 64.9 cm³/mol. The van der Waals surface area contributed by atoms with Crippen LogP contribution in [-0.2, 0) is 9.53 Å². The zero-order valence-electron chi connectivity index (χ0n) is 10.4. The number of rotatable bonds is 9. The second-order valence-corrected chi connectivity index (χ2v) is 3.98. The topological polar surface area (TPSA) is 46.5 Å². The zero-order chi connectivity index (χ0) is 12.2. The van der Waals surface area contributed by atoms with Crippen LogP contribution in [0.5, 0.6) is 0 Å². The molecule has 0 aromatic carbocycles. The number of carbonyl (C=O) groups is 1. The molecule has 1 N–H and O–H groups in total. The second-order valence-electron chi connectivity index (χ2n) is 3.98. The number of hydrogen-bond acceptors (Lipinski definition) is 3. The molecule has 0 radical (unpaired) electrons. The molecule has 0 aliphatic carbocycles. The van der Waals surface area contributed by atoms with Gasteiger partial charge in [-0.2, -0.15) is 0 Å². The van der Waals surface area contributed by atoms with E-state index in [1.54, 1.807) is 0 Å². The Hall–Kier alpha value is -0.830. The summed E-state index contributed by atoms with van der Waals surface area (Å²) in [4.78, 5) is 10.5. The largest absolute Gasteiger partial charge is 0.436 e. The predicted octanol–water partition coefficient (Wildman–Crippen LogP) is 3.17. The summed E-state index contributed by atoms with van der Waals surface area (Å²) in [6.45, 7) is 3.35. The number of carbonyl (C=O) groups excluding carboxylic acids is 1. The van der Waals surface area contributed by atoms with Crippen LogP contribution in [0, 0.1) is 0 Å². The Morgan fingerprint density at radius 2 is 1.88 bits per heavy atom. The summed E-state index contributed by atoms with van der Waals surface area (Å²) in [5, 5.41) is 9.24. The molecule has 0 aromatic rings. The number of aliphatic hydroxyl groups excluding tert-OH is 1. The monoisotopic (exact) mass is 228 g/mol. The van der Waals surface area contributed by atoms with Crippen molar-refractivity contribution >= 4 is 5.97 Å². The van der Waals surface area contributed by atoms with Gasteiger partial charge in [-0.1, -0.05) is 31.4 Å². The van der Waals surface area contributed by atoms with Crippen molar-refractivity contribution < 1.29 is 14.6 Å². The standard InChI is InChI=1S/C13H24O3/c1-3-4-5-6-7-8-9-10-11-13(15)16-12(2)14/h3-4,13,15H,5-11H2,1-2H3. The number of hydrogen-bond donors (Lipinski definition) is 1. The SMILES string of the molecule is CC=CCCCCCCCC(O)OC(C)=O. The normalized spacial score (nSPS) is 12.9. The fourth-order valence-corrected chi connectivity index (χ4v) is 1.53. The lowest BCUT2D eigenvalue weighted by molar-refractivity contribution is -0.165. The van der Waals surface area contributed by atoms with Gasteiger partial charge in [-0.3, -0.25) is 4.79 Å². The Labute approximate surface area is 98.5 Å². The number of allylic oxidation sites excluding steroid dienone is 2. The zero-order valence-corrected chi connectivity index (χ0v) is 10.4.